The highest BCUT2D eigenvalue weighted by molar-refractivity contribution is 9.10. The topological polar surface area (TPSA) is 56.2 Å². The first-order valence-corrected chi connectivity index (χ1v) is 6.62. The van der Waals surface area contributed by atoms with Crippen molar-refractivity contribution in [1.82, 2.24) is 14.4 Å². The van der Waals surface area contributed by atoms with Crippen LogP contribution in [0.2, 0.25) is 0 Å². The molecule has 0 aliphatic heterocycles. The molecule has 3 aromatic rings. The van der Waals surface area contributed by atoms with Gasteiger partial charge in [-0.15, -0.1) is 0 Å². The summed E-state index contributed by atoms with van der Waals surface area (Å²) in [5.41, 5.74) is 6.29. The van der Waals surface area contributed by atoms with Crippen LogP contribution in [0.5, 0.6) is 0 Å². The van der Waals surface area contributed by atoms with Crippen LogP contribution in [-0.4, -0.2) is 14.4 Å². The van der Waals surface area contributed by atoms with Gasteiger partial charge in [-0.2, -0.15) is 13.2 Å². The third kappa shape index (κ3) is 2.46. The molecule has 0 amide bonds. The van der Waals surface area contributed by atoms with Gasteiger partial charge in [0.1, 0.15) is 16.1 Å². The predicted octanol–water partition coefficient (Wildman–Crippen LogP) is 3.76. The van der Waals surface area contributed by atoms with E-state index in [1.54, 1.807) is 10.6 Å². The maximum Gasteiger partial charge on any atom is 0.416 e. The van der Waals surface area contributed by atoms with Crippen molar-refractivity contribution in [2.75, 3.05) is 5.73 Å². The lowest BCUT2D eigenvalue weighted by molar-refractivity contribution is -0.137. The summed E-state index contributed by atoms with van der Waals surface area (Å²) < 4.78 is 40.4. The zero-order valence-corrected chi connectivity index (χ0v) is 12.0. The highest BCUT2D eigenvalue weighted by Gasteiger charge is 2.30. The highest BCUT2D eigenvalue weighted by atomic mass is 79.9. The molecule has 21 heavy (non-hydrogen) atoms. The summed E-state index contributed by atoms with van der Waals surface area (Å²) in [5, 5.41) is 0. The Balaban J connectivity index is 2.19. The Bertz CT molecular complexity index is 826. The van der Waals surface area contributed by atoms with E-state index in [1.165, 1.54) is 18.3 Å². The number of hydrogen-bond acceptors (Lipinski definition) is 3. The Morgan fingerprint density at radius 1 is 1.24 bits per heavy atom. The minimum absolute atomic E-state index is 0.257. The number of halogens is 4. The third-order valence-electron chi connectivity index (χ3n) is 2.98. The molecule has 0 aliphatic rings. The van der Waals surface area contributed by atoms with E-state index in [0.29, 0.717) is 21.5 Å². The van der Waals surface area contributed by atoms with E-state index in [2.05, 4.69) is 25.9 Å². The summed E-state index contributed by atoms with van der Waals surface area (Å²) in [7, 11) is 0. The summed E-state index contributed by atoms with van der Waals surface area (Å²) in [5.74, 6) is 0.257. The molecule has 2 heterocycles. The Morgan fingerprint density at radius 2 is 2.00 bits per heavy atom. The van der Waals surface area contributed by atoms with Crippen LogP contribution in [0.25, 0.3) is 16.9 Å². The molecule has 0 atom stereocenters. The van der Waals surface area contributed by atoms with Gasteiger partial charge in [-0.3, -0.25) is 4.40 Å². The van der Waals surface area contributed by atoms with E-state index in [4.69, 9.17) is 5.73 Å². The number of nitrogens with zero attached hydrogens (tertiary/aromatic N) is 3. The number of hydrogen-bond donors (Lipinski definition) is 1. The van der Waals surface area contributed by atoms with Gasteiger partial charge in [-0.1, -0.05) is 12.1 Å². The van der Waals surface area contributed by atoms with Gasteiger partial charge < -0.3 is 5.73 Å². The minimum atomic E-state index is -4.41. The van der Waals surface area contributed by atoms with E-state index in [9.17, 15) is 13.2 Å². The van der Waals surface area contributed by atoms with Gasteiger partial charge in [0.2, 0.25) is 0 Å². The molecule has 4 nitrogen and oxygen atoms in total. The van der Waals surface area contributed by atoms with E-state index in [-0.39, 0.29) is 5.82 Å². The molecule has 108 valence electrons. The van der Waals surface area contributed by atoms with E-state index < -0.39 is 11.7 Å². The van der Waals surface area contributed by atoms with Crippen molar-refractivity contribution >= 4 is 27.4 Å². The Kier molecular flexibility index (Phi) is 3.12. The fourth-order valence-corrected chi connectivity index (χ4v) is 2.31. The molecule has 3 rings (SSSR count). The maximum absolute atomic E-state index is 12.8. The smallest absolute Gasteiger partial charge is 0.383 e. The van der Waals surface area contributed by atoms with Crippen molar-refractivity contribution in [3.05, 3.63) is 46.8 Å². The molecule has 0 radical (unpaired) electrons. The Hall–Kier alpha value is -2.09. The largest absolute Gasteiger partial charge is 0.416 e. The highest BCUT2D eigenvalue weighted by Crippen LogP contribution is 2.33. The van der Waals surface area contributed by atoms with Crippen molar-refractivity contribution in [2.24, 2.45) is 0 Å². The van der Waals surface area contributed by atoms with Gasteiger partial charge in [-0.25, -0.2) is 9.97 Å². The molecular formula is C13H8BrF3N4. The SMILES string of the molecule is Nc1c(-c2cccc(C(F)(F)F)c2)nc2cnc(Br)cn12. The Labute approximate surface area is 125 Å². The number of aromatic nitrogens is 3. The molecule has 0 saturated heterocycles. The first-order chi connectivity index (χ1) is 9.86. The normalized spacial score (nSPS) is 12.0. The zero-order valence-electron chi connectivity index (χ0n) is 10.4. The number of anilines is 1. The van der Waals surface area contributed by atoms with E-state index in [0.717, 1.165) is 12.1 Å². The molecule has 0 saturated carbocycles. The van der Waals surface area contributed by atoms with Crippen molar-refractivity contribution in [2.45, 2.75) is 6.18 Å². The van der Waals surface area contributed by atoms with Crippen LogP contribution in [0.3, 0.4) is 0 Å². The maximum atomic E-state index is 12.8. The van der Waals surface area contributed by atoms with Crippen LogP contribution in [0, 0.1) is 0 Å². The molecule has 0 unspecified atom stereocenters. The van der Waals surface area contributed by atoms with E-state index >= 15 is 0 Å². The second-order valence-electron chi connectivity index (χ2n) is 4.36. The number of fused-ring (bicyclic) bond motifs is 1. The van der Waals surface area contributed by atoms with Crippen LogP contribution in [-0.2, 0) is 6.18 Å². The molecule has 0 spiro atoms. The first kappa shape index (κ1) is 13.9. The second-order valence-corrected chi connectivity index (χ2v) is 5.17. The number of nitrogens with two attached hydrogens (primary N) is 1. The number of imidazole rings is 1. The van der Waals surface area contributed by atoms with Gasteiger partial charge in [0.15, 0.2) is 5.65 Å². The molecular weight excluding hydrogens is 349 g/mol. The molecule has 2 N–H and O–H groups in total. The van der Waals surface area contributed by atoms with Crippen LogP contribution >= 0.6 is 15.9 Å². The number of alkyl halides is 3. The van der Waals surface area contributed by atoms with Gasteiger partial charge >= 0.3 is 6.18 Å². The number of benzene rings is 1. The summed E-state index contributed by atoms with van der Waals surface area (Å²) in [6, 6.07) is 4.90. The summed E-state index contributed by atoms with van der Waals surface area (Å²) in [4.78, 5) is 8.24. The fraction of sp³-hybridized carbons (Fsp3) is 0.0769. The van der Waals surface area contributed by atoms with Crippen LogP contribution in [0.1, 0.15) is 5.56 Å². The van der Waals surface area contributed by atoms with Crippen molar-refractivity contribution in [1.29, 1.82) is 0 Å². The molecule has 0 fully saturated rings. The second kappa shape index (κ2) is 4.73. The average Bonchev–Trinajstić information content (AvgIpc) is 2.75. The monoisotopic (exact) mass is 356 g/mol. The van der Waals surface area contributed by atoms with Crippen molar-refractivity contribution in [3.8, 4) is 11.3 Å². The summed E-state index contributed by atoms with van der Waals surface area (Å²) in [6.07, 6.45) is -1.32. The summed E-state index contributed by atoms with van der Waals surface area (Å²) in [6.45, 7) is 0. The minimum Gasteiger partial charge on any atom is -0.383 e. The first-order valence-electron chi connectivity index (χ1n) is 5.83. The number of rotatable bonds is 1. The lowest BCUT2D eigenvalue weighted by Gasteiger charge is -2.07. The van der Waals surface area contributed by atoms with Crippen LogP contribution in [0.15, 0.2) is 41.3 Å². The van der Waals surface area contributed by atoms with Gasteiger partial charge in [-0.05, 0) is 28.1 Å². The van der Waals surface area contributed by atoms with Crippen LogP contribution < -0.4 is 5.73 Å². The lowest BCUT2D eigenvalue weighted by atomic mass is 10.1. The predicted molar refractivity (Wildman–Crippen MR) is 75.5 cm³/mol. The zero-order chi connectivity index (χ0) is 15.2. The molecule has 0 bridgehead atoms. The average molecular weight is 357 g/mol. The summed E-state index contributed by atoms with van der Waals surface area (Å²) >= 11 is 3.21. The third-order valence-corrected chi connectivity index (χ3v) is 3.39. The van der Waals surface area contributed by atoms with Gasteiger partial charge in [0.25, 0.3) is 0 Å². The van der Waals surface area contributed by atoms with Gasteiger partial charge in [0.05, 0.1) is 11.8 Å². The van der Waals surface area contributed by atoms with Gasteiger partial charge in [0, 0.05) is 11.8 Å². The molecule has 2 aromatic heterocycles. The van der Waals surface area contributed by atoms with Crippen molar-refractivity contribution < 1.29 is 13.2 Å². The number of nitrogen functional groups attached to an aromatic ring is 1. The van der Waals surface area contributed by atoms with E-state index in [1.807, 2.05) is 0 Å². The van der Waals surface area contributed by atoms with Crippen LogP contribution in [0.4, 0.5) is 19.0 Å². The standard InChI is InChI=1S/C13H8BrF3N4/c14-9-6-21-10(5-19-9)20-11(12(21)18)7-2-1-3-8(4-7)13(15,16)17/h1-6H,18H2. The fourth-order valence-electron chi connectivity index (χ4n) is 2.00. The molecule has 8 heteroatoms. The molecule has 0 aliphatic carbocycles. The lowest BCUT2D eigenvalue weighted by Crippen LogP contribution is -2.04. The quantitative estimate of drug-likeness (QED) is 0.722. The molecule has 1 aromatic carbocycles. The van der Waals surface area contributed by atoms with Crippen molar-refractivity contribution in [3.63, 3.8) is 0 Å². The Morgan fingerprint density at radius 3 is 2.71 bits per heavy atom.